The first-order chi connectivity index (χ1) is 18.5. The molecule has 210 valence electrons. The summed E-state index contributed by atoms with van der Waals surface area (Å²) < 4.78 is 0. The molecule has 5 atom stereocenters. The van der Waals surface area contributed by atoms with Crippen LogP contribution in [0.1, 0.15) is 37.8 Å². The van der Waals surface area contributed by atoms with Crippen LogP contribution in [0.5, 0.6) is 0 Å². The van der Waals surface area contributed by atoms with Gasteiger partial charge in [0.05, 0.1) is 12.5 Å². The van der Waals surface area contributed by atoms with Crippen LogP contribution >= 0.6 is 0 Å². The van der Waals surface area contributed by atoms with E-state index in [-0.39, 0.29) is 18.8 Å². The van der Waals surface area contributed by atoms with Crippen molar-refractivity contribution in [2.45, 2.75) is 63.7 Å². The van der Waals surface area contributed by atoms with Gasteiger partial charge in [-0.25, -0.2) is 4.79 Å². The monoisotopic (exact) mass is 540 g/mol. The van der Waals surface area contributed by atoms with E-state index in [0.29, 0.717) is 17.5 Å². The maximum absolute atomic E-state index is 13.3. The minimum Gasteiger partial charge on any atom is -0.481 e. The Morgan fingerprint density at radius 3 is 1.62 bits per heavy atom. The van der Waals surface area contributed by atoms with Crippen LogP contribution < -0.4 is 21.7 Å². The molecule has 0 saturated heterocycles. The molecule has 3 amide bonds. The largest absolute Gasteiger partial charge is 0.481 e. The molecule has 0 bridgehead atoms. The summed E-state index contributed by atoms with van der Waals surface area (Å²) >= 11 is 0. The molecule has 7 N–H and O–H groups in total. The van der Waals surface area contributed by atoms with Gasteiger partial charge in [0.25, 0.3) is 0 Å². The predicted molar refractivity (Wildman–Crippen MR) is 143 cm³/mol. The topological polar surface area (TPSA) is 188 Å². The van der Waals surface area contributed by atoms with Crippen molar-refractivity contribution in [2.75, 3.05) is 0 Å². The molecule has 0 spiro atoms. The third-order valence-electron chi connectivity index (χ3n) is 6.38. The van der Waals surface area contributed by atoms with Crippen LogP contribution in [-0.4, -0.2) is 64.0 Å². The van der Waals surface area contributed by atoms with Gasteiger partial charge in [0.2, 0.25) is 17.7 Å². The lowest BCUT2D eigenvalue weighted by Crippen LogP contribution is -2.58. The van der Waals surface area contributed by atoms with Gasteiger partial charge in [-0.3, -0.25) is 19.2 Å². The van der Waals surface area contributed by atoms with E-state index in [4.69, 9.17) is 5.73 Å². The summed E-state index contributed by atoms with van der Waals surface area (Å²) in [5.41, 5.74) is 7.39. The van der Waals surface area contributed by atoms with Gasteiger partial charge in [0, 0.05) is 12.8 Å². The molecule has 0 heterocycles. The second-order valence-electron chi connectivity index (χ2n) is 9.41. The third-order valence-corrected chi connectivity index (χ3v) is 6.38. The van der Waals surface area contributed by atoms with Crippen LogP contribution in [0.4, 0.5) is 0 Å². The van der Waals surface area contributed by atoms with Crippen LogP contribution in [0.15, 0.2) is 60.7 Å². The van der Waals surface area contributed by atoms with Gasteiger partial charge < -0.3 is 31.9 Å². The Hall–Kier alpha value is -4.25. The molecular formula is C28H36N4O7. The van der Waals surface area contributed by atoms with Crippen LogP contribution in [-0.2, 0) is 36.8 Å². The number of carboxylic acids is 2. The molecule has 2 aromatic carbocycles. The van der Waals surface area contributed by atoms with Crippen LogP contribution in [0, 0.1) is 5.92 Å². The molecule has 11 heteroatoms. The zero-order valence-corrected chi connectivity index (χ0v) is 22.0. The summed E-state index contributed by atoms with van der Waals surface area (Å²) in [5, 5.41) is 26.3. The van der Waals surface area contributed by atoms with Crippen molar-refractivity contribution in [2.24, 2.45) is 11.7 Å². The average Bonchev–Trinajstić information content (AvgIpc) is 2.91. The zero-order valence-electron chi connectivity index (χ0n) is 22.0. The number of hydrogen-bond donors (Lipinski definition) is 6. The Balaban J connectivity index is 2.23. The van der Waals surface area contributed by atoms with Gasteiger partial charge in [-0.2, -0.15) is 0 Å². The minimum atomic E-state index is -1.59. The number of hydrogen-bond acceptors (Lipinski definition) is 6. The molecule has 39 heavy (non-hydrogen) atoms. The minimum absolute atomic E-state index is 0.0458. The highest BCUT2D eigenvalue weighted by atomic mass is 16.4. The number of benzene rings is 2. The quantitative estimate of drug-likeness (QED) is 0.192. The summed E-state index contributed by atoms with van der Waals surface area (Å²) in [6.07, 6.45) is -0.152. The summed E-state index contributed by atoms with van der Waals surface area (Å²) in [6, 6.07) is 12.4. The predicted octanol–water partition coefficient (Wildman–Crippen LogP) is 0.859. The number of nitrogens with two attached hydrogens (primary N) is 1. The molecule has 0 aliphatic heterocycles. The molecule has 0 aliphatic rings. The highest BCUT2D eigenvalue weighted by molar-refractivity contribution is 5.95. The Morgan fingerprint density at radius 2 is 1.15 bits per heavy atom. The molecular weight excluding hydrogens is 504 g/mol. The van der Waals surface area contributed by atoms with E-state index in [2.05, 4.69) is 16.0 Å². The third kappa shape index (κ3) is 10.2. The van der Waals surface area contributed by atoms with E-state index >= 15 is 0 Å². The van der Waals surface area contributed by atoms with Crippen LogP contribution in [0.25, 0.3) is 0 Å². The Labute approximate surface area is 227 Å². The molecule has 0 aromatic heterocycles. The molecule has 0 saturated carbocycles. The van der Waals surface area contributed by atoms with Crippen molar-refractivity contribution in [3.05, 3.63) is 71.8 Å². The Bertz CT molecular complexity index is 1130. The van der Waals surface area contributed by atoms with Crippen molar-refractivity contribution in [1.82, 2.24) is 16.0 Å². The fourth-order valence-electron chi connectivity index (χ4n) is 3.82. The second kappa shape index (κ2) is 15.2. The van der Waals surface area contributed by atoms with Crippen molar-refractivity contribution >= 4 is 29.7 Å². The maximum atomic E-state index is 13.3. The first-order valence-corrected chi connectivity index (χ1v) is 12.7. The van der Waals surface area contributed by atoms with Crippen molar-refractivity contribution in [1.29, 1.82) is 0 Å². The highest BCUT2D eigenvalue weighted by Gasteiger charge is 2.32. The lowest BCUT2D eigenvalue weighted by atomic mass is 9.98. The lowest BCUT2D eigenvalue weighted by molar-refractivity contribution is -0.143. The number of rotatable bonds is 15. The summed E-state index contributed by atoms with van der Waals surface area (Å²) in [5.74, 6) is -5.20. The molecule has 11 nitrogen and oxygen atoms in total. The standard InChI is InChI=1S/C28H36N4O7/c1-3-17(2)24(29)27(37)31-20(14-18-10-6-4-7-11-18)25(35)30-21(16-23(33)34)26(36)32-22(28(38)39)15-19-12-8-5-9-13-19/h4-13,17,20-22,24H,3,14-16,29H2,1-2H3,(H,30,35)(H,31,37)(H,32,36)(H,33,34)(H,38,39). The molecule has 0 radical (unpaired) electrons. The number of amides is 3. The summed E-state index contributed by atoms with van der Waals surface area (Å²) in [4.78, 5) is 62.4. The van der Waals surface area contributed by atoms with Crippen molar-refractivity contribution in [3.63, 3.8) is 0 Å². The zero-order chi connectivity index (χ0) is 28.9. The summed E-state index contributed by atoms with van der Waals surface area (Å²) in [6.45, 7) is 3.68. The van der Waals surface area contributed by atoms with Gasteiger partial charge in [-0.1, -0.05) is 80.9 Å². The van der Waals surface area contributed by atoms with Gasteiger partial charge in [0.1, 0.15) is 18.1 Å². The number of carbonyl (C=O) groups excluding carboxylic acids is 3. The van der Waals surface area contributed by atoms with Crippen molar-refractivity contribution < 1.29 is 34.2 Å². The summed E-state index contributed by atoms with van der Waals surface area (Å²) in [7, 11) is 0. The van der Waals surface area contributed by atoms with Gasteiger partial charge in [0.15, 0.2) is 0 Å². The van der Waals surface area contributed by atoms with E-state index in [9.17, 15) is 34.2 Å². The first-order valence-electron chi connectivity index (χ1n) is 12.7. The lowest BCUT2D eigenvalue weighted by Gasteiger charge is -2.26. The number of carbonyl (C=O) groups is 5. The number of aliphatic carboxylic acids is 2. The molecule has 2 rings (SSSR count). The van der Waals surface area contributed by atoms with Crippen LogP contribution in [0.2, 0.25) is 0 Å². The number of nitrogens with one attached hydrogen (secondary N) is 3. The average molecular weight is 541 g/mol. The molecule has 0 fully saturated rings. The van der Waals surface area contributed by atoms with E-state index < -0.39 is 60.2 Å². The fraction of sp³-hybridized carbons (Fsp3) is 0.393. The molecule has 2 aromatic rings. The SMILES string of the molecule is CCC(C)C(N)C(=O)NC(Cc1ccccc1)C(=O)NC(CC(=O)O)C(=O)NC(Cc1ccccc1)C(=O)O. The molecule has 0 aliphatic carbocycles. The van der Waals surface area contributed by atoms with E-state index in [1.807, 2.05) is 6.92 Å². The number of carboxylic acid groups (broad SMARTS) is 2. The molecule has 5 unspecified atom stereocenters. The highest BCUT2D eigenvalue weighted by Crippen LogP contribution is 2.09. The Morgan fingerprint density at radius 1 is 0.718 bits per heavy atom. The van der Waals surface area contributed by atoms with E-state index in [1.165, 1.54) is 0 Å². The van der Waals surface area contributed by atoms with E-state index in [0.717, 1.165) is 0 Å². The van der Waals surface area contributed by atoms with E-state index in [1.54, 1.807) is 67.6 Å². The van der Waals surface area contributed by atoms with Crippen molar-refractivity contribution in [3.8, 4) is 0 Å². The second-order valence-corrected chi connectivity index (χ2v) is 9.41. The van der Waals surface area contributed by atoms with Gasteiger partial charge in [-0.15, -0.1) is 0 Å². The van der Waals surface area contributed by atoms with Crippen LogP contribution in [0.3, 0.4) is 0 Å². The first kappa shape index (κ1) is 31.0. The maximum Gasteiger partial charge on any atom is 0.326 e. The normalized spacial score (nSPS) is 14.6. The smallest absolute Gasteiger partial charge is 0.326 e. The van der Waals surface area contributed by atoms with Gasteiger partial charge >= 0.3 is 11.9 Å². The fourth-order valence-corrected chi connectivity index (χ4v) is 3.82. The Kier molecular flexibility index (Phi) is 12.1. The van der Waals surface area contributed by atoms with Gasteiger partial charge in [-0.05, 0) is 17.0 Å².